The van der Waals surface area contributed by atoms with Crippen molar-refractivity contribution in [2.75, 3.05) is 12.4 Å². The lowest BCUT2D eigenvalue weighted by Gasteiger charge is -2.03. The van der Waals surface area contributed by atoms with Crippen LogP contribution in [0.25, 0.3) is 0 Å². The van der Waals surface area contributed by atoms with Crippen LogP contribution in [0, 0.1) is 5.82 Å². The summed E-state index contributed by atoms with van der Waals surface area (Å²) in [5.74, 6) is 0.762. The Kier molecular flexibility index (Phi) is 4.60. The first kappa shape index (κ1) is 10.3. The van der Waals surface area contributed by atoms with Crippen LogP contribution in [0.5, 0.6) is 5.75 Å². The molecule has 0 saturated heterocycles. The van der Waals surface area contributed by atoms with Gasteiger partial charge >= 0.3 is 0 Å². The fourth-order valence-electron chi connectivity index (χ4n) is 0.834. The molecule has 0 aromatic heterocycles. The van der Waals surface area contributed by atoms with Gasteiger partial charge < -0.3 is 4.74 Å². The van der Waals surface area contributed by atoms with Crippen LogP contribution in [-0.4, -0.2) is 12.4 Å². The lowest BCUT2D eigenvalue weighted by molar-refractivity contribution is 0.318. The molecule has 0 saturated carbocycles. The van der Waals surface area contributed by atoms with Gasteiger partial charge in [-0.05, 0) is 30.7 Å². The summed E-state index contributed by atoms with van der Waals surface area (Å²) in [4.78, 5) is 0. The quantitative estimate of drug-likeness (QED) is 0.681. The predicted molar refractivity (Wildman–Crippen MR) is 50.1 cm³/mol. The molecule has 0 radical (unpaired) electrons. The number of hydrogen-bond donors (Lipinski definition) is 0. The third-order valence-corrected chi connectivity index (χ3v) is 1.89. The molecule has 1 aromatic rings. The van der Waals surface area contributed by atoms with Crippen LogP contribution in [0.3, 0.4) is 0 Å². The Morgan fingerprint density at radius 2 is 1.92 bits per heavy atom. The first-order valence-corrected chi connectivity index (χ1v) is 4.83. The molecule has 0 atom stereocenters. The van der Waals surface area contributed by atoms with Gasteiger partial charge in [-0.3, -0.25) is 0 Å². The van der Waals surface area contributed by atoms with E-state index in [1.54, 1.807) is 12.1 Å². The molecular formula is C9H10F2OS. The second kappa shape index (κ2) is 5.80. The minimum absolute atomic E-state index is 0.285. The van der Waals surface area contributed by atoms with E-state index < -0.39 is 0 Å². The Labute approximate surface area is 80.4 Å². The van der Waals surface area contributed by atoms with Gasteiger partial charge in [-0.25, -0.2) is 4.39 Å². The van der Waals surface area contributed by atoms with Gasteiger partial charge in [0.05, 0.1) is 6.61 Å². The number of rotatable bonds is 5. The summed E-state index contributed by atoms with van der Waals surface area (Å²) in [6, 6.07) is 5.77. The summed E-state index contributed by atoms with van der Waals surface area (Å²) in [6.45, 7) is 0.461. The lowest BCUT2D eigenvalue weighted by Crippen LogP contribution is -1.97. The number of halogens is 2. The van der Waals surface area contributed by atoms with Crippen LogP contribution in [0.1, 0.15) is 6.42 Å². The highest BCUT2D eigenvalue weighted by Gasteiger charge is 1.94. The first-order valence-electron chi connectivity index (χ1n) is 3.95. The highest BCUT2D eigenvalue weighted by Crippen LogP contribution is 2.11. The van der Waals surface area contributed by atoms with Crippen molar-refractivity contribution in [3.05, 3.63) is 30.1 Å². The molecule has 1 aromatic carbocycles. The number of benzene rings is 1. The maximum absolute atomic E-state index is 12.4. The predicted octanol–water partition coefficient (Wildman–Crippen LogP) is 3.21. The first-order chi connectivity index (χ1) is 6.33. The molecule has 1 rings (SSSR count). The topological polar surface area (TPSA) is 9.23 Å². The van der Waals surface area contributed by atoms with E-state index in [9.17, 15) is 8.28 Å². The molecule has 1 nitrogen and oxygen atoms in total. The molecule has 0 aliphatic rings. The van der Waals surface area contributed by atoms with Gasteiger partial charge in [-0.1, -0.05) is 0 Å². The zero-order valence-electron chi connectivity index (χ0n) is 7.00. The zero-order valence-corrected chi connectivity index (χ0v) is 7.82. The van der Waals surface area contributed by atoms with Gasteiger partial charge in [0.2, 0.25) is 0 Å². The Morgan fingerprint density at radius 3 is 2.54 bits per heavy atom. The molecule has 0 fully saturated rings. The van der Waals surface area contributed by atoms with Crippen molar-refractivity contribution in [1.29, 1.82) is 0 Å². The smallest absolute Gasteiger partial charge is 0.123 e. The van der Waals surface area contributed by atoms with Crippen LogP contribution in [-0.2, 0) is 0 Å². The van der Waals surface area contributed by atoms with E-state index >= 15 is 0 Å². The van der Waals surface area contributed by atoms with Crippen molar-refractivity contribution < 1.29 is 13.0 Å². The molecule has 0 aliphatic carbocycles. The number of ether oxygens (including phenoxy) is 1. The zero-order chi connectivity index (χ0) is 9.52. The molecule has 0 aliphatic heterocycles. The van der Waals surface area contributed by atoms with Gasteiger partial charge in [0.25, 0.3) is 0 Å². The summed E-state index contributed by atoms with van der Waals surface area (Å²) in [6.07, 6.45) is 0.651. The van der Waals surface area contributed by atoms with E-state index in [0.29, 0.717) is 36.7 Å². The van der Waals surface area contributed by atoms with Crippen LogP contribution in [0.2, 0.25) is 0 Å². The second-order valence-corrected chi connectivity index (χ2v) is 3.10. The molecule has 0 spiro atoms. The van der Waals surface area contributed by atoms with Gasteiger partial charge in [0.1, 0.15) is 11.6 Å². The summed E-state index contributed by atoms with van der Waals surface area (Å²) >= 11 is 0.299. The monoisotopic (exact) mass is 204 g/mol. The van der Waals surface area contributed by atoms with Crippen molar-refractivity contribution in [2.24, 2.45) is 0 Å². The Morgan fingerprint density at radius 1 is 1.23 bits per heavy atom. The maximum Gasteiger partial charge on any atom is 0.123 e. The minimum Gasteiger partial charge on any atom is -0.494 e. The summed E-state index contributed by atoms with van der Waals surface area (Å²) < 4.78 is 29.2. The van der Waals surface area contributed by atoms with E-state index in [1.165, 1.54) is 12.1 Å². The van der Waals surface area contributed by atoms with Crippen molar-refractivity contribution in [3.63, 3.8) is 0 Å². The van der Waals surface area contributed by atoms with Crippen molar-refractivity contribution in [2.45, 2.75) is 6.42 Å². The van der Waals surface area contributed by atoms with E-state index in [-0.39, 0.29) is 5.82 Å². The molecule has 0 bridgehead atoms. The molecule has 0 N–H and O–H groups in total. The van der Waals surface area contributed by atoms with Crippen LogP contribution in [0.15, 0.2) is 24.3 Å². The molecular weight excluding hydrogens is 194 g/mol. The standard InChI is InChI=1S/C9H10F2OS/c10-8-2-4-9(5-3-8)12-6-1-7-13-11/h2-5H,1,6-7H2. The Hall–Kier alpha value is -0.770. The normalized spacial score (nSPS) is 10.0. The van der Waals surface area contributed by atoms with E-state index in [0.717, 1.165) is 0 Å². The van der Waals surface area contributed by atoms with Gasteiger partial charge in [-0.15, -0.1) is 0 Å². The highest BCUT2D eigenvalue weighted by molar-refractivity contribution is 7.94. The van der Waals surface area contributed by atoms with Crippen LogP contribution < -0.4 is 4.74 Å². The van der Waals surface area contributed by atoms with E-state index in [4.69, 9.17) is 4.74 Å². The lowest BCUT2D eigenvalue weighted by atomic mass is 10.3. The van der Waals surface area contributed by atoms with Gasteiger partial charge in [0.15, 0.2) is 0 Å². The molecule has 13 heavy (non-hydrogen) atoms. The highest BCUT2D eigenvalue weighted by atomic mass is 32.2. The molecule has 4 heteroatoms. The minimum atomic E-state index is -0.285. The summed E-state index contributed by atoms with van der Waals surface area (Å²) in [7, 11) is 0. The number of hydrogen-bond acceptors (Lipinski definition) is 2. The molecule has 72 valence electrons. The van der Waals surface area contributed by atoms with Crippen molar-refractivity contribution in [1.82, 2.24) is 0 Å². The van der Waals surface area contributed by atoms with Crippen LogP contribution in [0.4, 0.5) is 8.28 Å². The average molecular weight is 204 g/mol. The SMILES string of the molecule is FSCCCOc1ccc(F)cc1. The molecule has 0 unspecified atom stereocenters. The Bertz CT molecular complexity index is 238. The molecule has 0 heterocycles. The van der Waals surface area contributed by atoms with Crippen molar-refractivity contribution >= 4 is 12.1 Å². The average Bonchev–Trinajstić information content (AvgIpc) is 2.15. The van der Waals surface area contributed by atoms with Gasteiger partial charge in [0, 0.05) is 17.9 Å². The maximum atomic E-state index is 12.4. The molecule has 0 amide bonds. The van der Waals surface area contributed by atoms with Crippen LogP contribution >= 0.6 is 12.1 Å². The van der Waals surface area contributed by atoms with E-state index in [1.807, 2.05) is 0 Å². The largest absolute Gasteiger partial charge is 0.494 e. The third kappa shape index (κ3) is 4.12. The third-order valence-electron chi connectivity index (χ3n) is 1.45. The summed E-state index contributed by atoms with van der Waals surface area (Å²) in [5, 5.41) is 0. The Balaban J connectivity index is 2.25. The summed E-state index contributed by atoms with van der Waals surface area (Å²) in [5.41, 5.74) is 0. The second-order valence-electron chi connectivity index (χ2n) is 2.47. The van der Waals surface area contributed by atoms with Crippen molar-refractivity contribution in [3.8, 4) is 5.75 Å². The van der Waals surface area contributed by atoms with E-state index in [2.05, 4.69) is 0 Å². The van der Waals surface area contributed by atoms with Gasteiger partial charge in [-0.2, -0.15) is 3.89 Å². The fraction of sp³-hybridized carbons (Fsp3) is 0.333. The fourth-order valence-corrected chi connectivity index (χ4v) is 1.06.